The number of aliphatic carboxylic acids is 1. The van der Waals surface area contributed by atoms with Gasteiger partial charge in [0, 0.05) is 25.7 Å². The molecule has 0 amide bonds. The lowest BCUT2D eigenvalue weighted by Gasteiger charge is -2.39. The van der Waals surface area contributed by atoms with Crippen LogP contribution in [0.3, 0.4) is 0 Å². The van der Waals surface area contributed by atoms with Crippen molar-refractivity contribution in [3.63, 3.8) is 0 Å². The monoisotopic (exact) mass is 471 g/mol. The molecule has 3 heterocycles. The quantitative estimate of drug-likeness (QED) is 0.636. The Morgan fingerprint density at radius 2 is 2.13 bits per heavy atom. The third kappa shape index (κ3) is 7.01. The lowest BCUT2D eigenvalue weighted by Crippen LogP contribution is -2.50. The van der Waals surface area contributed by atoms with Crippen molar-refractivity contribution in [2.45, 2.75) is 50.4 Å². The largest absolute Gasteiger partial charge is 0.490 e. The highest BCUT2D eigenvalue weighted by atomic mass is 32.2. The topological polar surface area (TPSA) is 109 Å². The molecule has 2 aliphatic rings. The van der Waals surface area contributed by atoms with Gasteiger partial charge in [-0.1, -0.05) is 6.92 Å². The first kappa shape index (κ1) is 25.3. The number of alkyl halides is 3. The van der Waals surface area contributed by atoms with Gasteiger partial charge < -0.3 is 15.2 Å². The summed E-state index contributed by atoms with van der Waals surface area (Å²) in [6.45, 7) is 3.24. The van der Waals surface area contributed by atoms with Gasteiger partial charge >= 0.3 is 12.1 Å². The maximum absolute atomic E-state index is 13.7. The van der Waals surface area contributed by atoms with Crippen molar-refractivity contribution in [3.8, 4) is 0 Å². The predicted octanol–water partition coefficient (Wildman–Crippen LogP) is 2.63. The van der Waals surface area contributed by atoms with Gasteiger partial charge in [-0.3, -0.25) is 0 Å². The first-order chi connectivity index (χ1) is 14.4. The highest BCUT2D eigenvalue weighted by Crippen LogP contribution is 2.36. The van der Waals surface area contributed by atoms with Gasteiger partial charge in [-0.15, -0.1) is 0 Å². The molecule has 0 bridgehead atoms. The summed E-state index contributed by atoms with van der Waals surface area (Å²) in [4.78, 5) is 12.9. The van der Waals surface area contributed by atoms with Crippen molar-refractivity contribution in [1.29, 1.82) is 0 Å². The number of nitrogens with zero attached hydrogens (tertiary/aromatic N) is 2. The Balaban J connectivity index is 0.000000423. The van der Waals surface area contributed by atoms with Gasteiger partial charge in [0.1, 0.15) is 0 Å². The molecule has 2 unspecified atom stereocenters. The van der Waals surface area contributed by atoms with E-state index in [2.05, 4.69) is 10.3 Å². The van der Waals surface area contributed by atoms with E-state index in [0.29, 0.717) is 32.5 Å². The number of rotatable bonds is 5. The smallest absolute Gasteiger partial charge is 0.475 e. The van der Waals surface area contributed by atoms with Crippen molar-refractivity contribution in [1.82, 2.24) is 9.29 Å². The number of halogens is 4. The number of sulfonamides is 1. The molecule has 1 spiro atoms. The first-order valence-electron chi connectivity index (χ1n) is 9.67. The van der Waals surface area contributed by atoms with Crippen molar-refractivity contribution in [2.24, 2.45) is 0 Å². The molecule has 0 aromatic carbocycles. The van der Waals surface area contributed by atoms with Gasteiger partial charge in [0.25, 0.3) is 0 Å². The van der Waals surface area contributed by atoms with E-state index in [1.165, 1.54) is 12.3 Å². The molecule has 2 N–H and O–H groups in total. The molecule has 2 saturated heterocycles. The number of pyridine rings is 1. The highest BCUT2D eigenvalue weighted by Gasteiger charge is 2.46. The molecule has 2 fully saturated rings. The fourth-order valence-corrected chi connectivity index (χ4v) is 5.20. The van der Waals surface area contributed by atoms with E-state index in [9.17, 15) is 26.0 Å². The number of nitrogens with one attached hydrogen (secondary N) is 1. The van der Waals surface area contributed by atoms with E-state index in [1.54, 1.807) is 10.4 Å². The average molecular weight is 471 g/mol. The molecule has 2 aliphatic heterocycles. The Morgan fingerprint density at radius 3 is 2.71 bits per heavy atom. The summed E-state index contributed by atoms with van der Waals surface area (Å²) < 4.78 is 77.7. The van der Waals surface area contributed by atoms with E-state index >= 15 is 0 Å². The second kappa shape index (κ2) is 10.1. The summed E-state index contributed by atoms with van der Waals surface area (Å²) in [7, 11) is -3.22. The number of aromatic nitrogens is 1. The number of piperidine rings is 1. The van der Waals surface area contributed by atoms with Gasteiger partial charge in [0.15, 0.2) is 11.6 Å². The van der Waals surface area contributed by atoms with Crippen molar-refractivity contribution >= 4 is 21.8 Å². The zero-order chi connectivity index (χ0) is 23.3. The van der Waals surface area contributed by atoms with Crippen molar-refractivity contribution < 1.29 is 40.6 Å². The molecule has 176 valence electrons. The number of ether oxygens (including phenoxy) is 1. The molecule has 2 atom stereocenters. The highest BCUT2D eigenvalue weighted by molar-refractivity contribution is 7.89. The SMILES string of the molecule is CCCS(=O)(=O)N1CCCC2(CC(Nc3ncccc3F)CO2)C1.O=C(O)C(F)(F)F. The van der Waals surface area contributed by atoms with Gasteiger partial charge in [0.05, 0.1) is 24.0 Å². The van der Waals surface area contributed by atoms with Crippen LogP contribution in [0.1, 0.15) is 32.6 Å². The minimum Gasteiger partial charge on any atom is -0.475 e. The maximum Gasteiger partial charge on any atom is 0.490 e. The van der Waals surface area contributed by atoms with Crippen LogP contribution in [0.25, 0.3) is 0 Å². The van der Waals surface area contributed by atoms with E-state index in [-0.39, 0.29) is 17.6 Å². The van der Waals surface area contributed by atoms with E-state index in [0.717, 1.165) is 12.8 Å². The fourth-order valence-electron chi connectivity index (χ4n) is 3.59. The van der Waals surface area contributed by atoms with Crippen LogP contribution in [-0.2, 0) is 19.6 Å². The second-order valence-corrected chi connectivity index (χ2v) is 9.52. The average Bonchev–Trinajstić information content (AvgIpc) is 3.05. The third-order valence-electron chi connectivity index (χ3n) is 4.91. The van der Waals surface area contributed by atoms with Crippen LogP contribution in [0.5, 0.6) is 0 Å². The lowest BCUT2D eigenvalue weighted by molar-refractivity contribution is -0.192. The molecule has 31 heavy (non-hydrogen) atoms. The molecular formula is C18H25F4N3O5S. The Morgan fingerprint density at radius 1 is 1.45 bits per heavy atom. The summed E-state index contributed by atoms with van der Waals surface area (Å²) in [5.74, 6) is -2.76. The Bertz CT molecular complexity index is 868. The van der Waals surface area contributed by atoms with Gasteiger partial charge in [-0.2, -0.15) is 17.5 Å². The Labute approximate surface area is 177 Å². The molecule has 13 heteroatoms. The predicted molar refractivity (Wildman–Crippen MR) is 103 cm³/mol. The van der Waals surface area contributed by atoms with Crippen molar-refractivity contribution in [3.05, 3.63) is 24.1 Å². The standard InChI is InChI=1S/C16H24FN3O3S.C2HF3O2/c1-2-9-24(21,22)20-8-4-6-16(12-20)10-13(11-23-16)19-15-14(17)5-3-7-18-15;3-2(4,5)1(6)7/h3,5,7,13H,2,4,6,8-12H2,1H3,(H,18,19);(H,6,7). The summed E-state index contributed by atoms with van der Waals surface area (Å²) >= 11 is 0. The molecule has 0 saturated carbocycles. The summed E-state index contributed by atoms with van der Waals surface area (Å²) in [5.41, 5.74) is -0.470. The summed E-state index contributed by atoms with van der Waals surface area (Å²) in [5, 5.41) is 10.2. The number of hydrogen-bond donors (Lipinski definition) is 2. The zero-order valence-corrected chi connectivity index (χ0v) is 17.7. The normalized spacial score (nSPS) is 24.5. The lowest BCUT2D eigenvalue weighted by atomic mass is 9.90. The summed E-state index contributed by atoms with van der Waals surface area (Å²) in [6, 6.07) is 2.84. The van der Waals surface area contributed by atoms with Crippen LogP contribution < -0.4 is 5.32 Å². The van der Waals surface area contributed by atoms with Gasteiger partial charge in [-0.05, 0) is 31.4 Å². The molecular weight excluding hydrogens is 446 g/mol. The molecule has 0 radical (unpaired) electrons. The third-order valence-corrected chi connectivity index (χ3v) is 6.93. The summed E-state index contributed by atoms with van der Waals surface area (Å²) in [6.07, 6.45) is -0.671. The molecule has 0 aliphatic carbocycles. The van der Waals surface area contributed by atoms with Crippen LogP contribution in [0.15, 0.2) is 18.3 Å². The molecule has 1 aromatic rings. The fraction of sp³-hybridized carbons (Fsp3) is 0.667. The van der Waals surface area contributed by atoms with Gasteiger partial charge in [0.2, 0.25) is 10.0 Å². The first-order valence-corrected chi connectivity index (χ1v) is 11.3. The van der Waals surface area contributed by atoms with E-state index in [4.69, 9.17) is 14.6 Å². The van der Waals surface area contributed by atoms with Crippen LogP contribution in [0.2, 0.25) is 0 Å². The Hall–Kier alpha value is -1.99. The van der Waals surface area contributed by atoms with Gasteiger partial charge in [-0.25, -0.2) is 22.6 Å². The maximum atomic E-state index is 13.7. The minimum atomic E-state index is -5.08. The number of carbonyl (C=O) groups is 1. The van der Waals surface area contributed by atoms with Crippen LogP contribution in [-0.4, -0.2) is 72.1 Å². The number of hydrogen-bond acceptors (Lipinski definition) is 6. The minimum absolute atomic E-state index is 0.0665. The molecule has 8 nitrogen and oxygen atoms in total. The Kier molecular flexibility index (Phi) is 8.22. The zero-order valence-electron chi connectivity index (χ0n) is 16.9. The van der Waals surface area contributed by atoms with Crippen LogP contribution >= 0.6 is 0 Å². The van der Waals surface area contributed by atoms with E-state index < -0.39 is 33.6 Å². The van der Waals surface area contributed by atoms with E-state index in [1.807, 2.05) is 6.92 Å². The second-order valence-electron chi connectivity index (χ2n) is 7.43. The number of anilines is 1. The van der Waals surface area contributed by atoms with Crippen molar-refractivity contribution in [2.75, 3.05) is 30.8 Å². The van der Waals surface area contributed by atoms with Crippen LogP contribution in [0, 0.1) is 5.82 Å². The van der Waals surface area contributed by atoms with Crippen LogP contribution in [0.4, 0.5) is 23.4 Å². The molecule has 3 rings (SSSR count). The molecule has 1 aromatic heterocycles. The number of carboxylic acids is 1. The number of carboxylic acid groups (broad SMARTS) is 1.